The molecule has 0 amide bonds. The summed E-state index contributed by atoms with van der Waals surface area (Å²) in [6.07, 6.45) is 0. The van der Waals surface area contributed by atoms with E-state index in [1.807, 2.05) is 0 Å². The van der Waals surface area contributed by atoms with Crippen molar-refractivity contribution in [3.05, 3.63) is 194 Å². The molecule has 10 aromatic rings. The topological polar surface area (TPSA) is 0 Å². The average Bonchev–Trinajstić information content (AvgIpc) is 3.19. The Bertz CT molecular complexity index is 2780. The van der Waals surface area contributed by atoms with E-state index in [0.717, 1.165) is 0 Å². The van der Waals surface area contributed by atoms with Gasteiger partial charge in [-0.3, -0.25) is 0 Å². The van der Waals surface area contributed by atoms with Gasteiger partial charge in [0.25, 0.3) is 0 Å². The third-order valence-electron chi connectivity index (χ3n) is 10.4. The van der Waals surface area contributed by atoms with E-state index in [4.69, 9.17) is 0 Å². The minimum atomic E-state index is 1.22. The highest BCUT2D eigenvalue weighted by molar-refractivity contribution is 6.22. The second-order valence-electron chi connectivity index (χ2n) is 13.3. The highest BCUT2D eigenvalue weighted by atomic mass is 14.2. The van der Waals surface area contributed by atoms with Gasteiger partial charge in [-0.1, -0.05) is 158 Å². The molecule has 232 valence electrons. The Labute approximate surface area is 291 Å². The van der Waals surface area contributed by atoms with E-state index in [1.54, 1.807) is 0 Å². The van der Waals surface area contributed by atoms with Gasteiger partial charge in [-0.25, -0.2) is 0 Å². The first-order valence-corrected chi connectivity index (χ1v) is 17.3. The lowest BCUT2D eigenvalue weighted by molar-refractivity contribution is 1.58. The van der Waals surface area contributed by atoms with Crippen molar-refractivity contribution in [3.8, 4) is 44.5 Å². The van der Waals surface area contributed by atoms with Crippen LogP contribution in [0.3, 0.4) is 0 Å². The first-order valence-electron chi connectivity index (χ1n) is 17.3. The van der Waals surface area contributed by atoms with E-state index in [2.05, 4.69) is 194 Å². The van der Waals surface area contributed by atoms with Gasteiger partial charge in [0, 0.05) is 0 Å². The molecule has 0 fully saturated rings. The zero-order chi connectivity index (χ0) is 33.0. The van der Waals surface area contributed by atoms with Crippen LogP contribution in [-0.2, 0) is 0 Å². The summed E-state index contributed by atoms with van der Waals surface area (Å²) in [7, 11) is 0. The zero-order valence-corrected chi connectivity index (χ0v) is 27.5. The normalized spacial score (nSPS) is 11.6. The van der Waals surface area contributed by atoms with Crippen LogP contribution < -0.4 is 0 Å². The number of fused-ring (bicyclic) bond motifs is 6. The summed E-state index contributed by atoms with van der Waals surface area (Å²) in [5, 5.41) is 12.7. The second-order valence-corrected chi connectivity index (χ2v) is 13.3. The number of hydrogen-bond acceptors (Lipinski definition) is 0. The van der Waals surface area contributed by atoms with Gasteiger partial charge in [0.2, 0.25) is 0 Å². The summed E-state index contributed by atoms with van der Waals surface area (Å²) in [6, 6.07) is 71.4. The van der Waals surface area contributed by atoms with Crippen LogP contribution in [0.5, 0.6) is 0 Å². The predicted octanol–water partition coefficient (Wildman–Crippen LogP) is 14.1. The van der Waals surface area contributed by atoms with Gasteiger partial charge in [0.05, 0.1) is 0 Å². The molecule has 0 aliphatic heterocycles. The van der Waals surface area contributed by atoms with Crippen molar-refractivity contribution in [2.24, 2.45) is 0 Å². The predicted molar refractivity (Wildman–Crippen MR) is 216 cm³/mol. The molecule has 0 bridgehead atoms. The van der Waals surface area contributed by atoms with Gasteiger partial charge in [-0.15, -0.1) is 0 Å². The Balaban J connectivity index is 1.23. The SMILES string of the molecule is c1ccc(-c2cc(-c3ccccc3)cc(-c3c4ccccc4c(-c4ccc5cc6c(ccc7ccccc76)cc5c4)c4ccccc34)c2)cc1. The van der Waals surface area contributed by atoms with Gasteiger partial charge in [-0.05, 0) is 135 Å². The Kier molecular flexibility index (Phi) is 6.60. The minimum Gasteiger partial charge on any atom is -0.0622 e. The Hall–Kier alpha value is -6.50. The van der Waals surface area contributed by atoms with Gasteiger partial charge >= 0.3 is 0 Å². The molecule has 0 aliphatic rings. The van der Waals surface area contributed by atoms with Crippen molar-refractivity contribution in [3.63, 3.8) is 0 Å². The van der Waals surface area contributed by atoms with Crippen LogP contribution in [0, 0.1) is 0 Å². The first kappa shape index (κ1) is 28.5. The maximum absolute atomic E-state index is 2.39. The van der Waals surface area contributed by atoms with Gasteiger partial charge in [0.1, 0.15) is 0 Å². The molecule has 0 atom stereocenters. The molecule has 0 aliphatic carbocycles. The third kappa shape index (κ3) is 4.69. The quantitative estimate of drug-likeness (QED) is 0.134. The molecule has 0 unspecified atom stereocenters. The fraction of sp³-hybridized carbons (Fsp3) is 0. The van der Waals surface area contributed by atoms with E-state index in [-0.39, 0.29) is 0 Å². The van der Waals surface area contributed by atoms with Crippen LogP contribution in [0.1, 0.15) is 0 Å². The first-order chi connectivity index (χ1) is 24.8. The summed E-state index contributed by atoms with van der Waals surface area (Å²) in [4.78, 5) is 0. The molecule has 0 nitrogen and oxygen atoms in total. The minimum absolute atomic E-state index is 1.22. The van der Waals surface area contributed by atoms with Gasteiger partial charge < -0.3 is 0 Å². The van der Waals surface area contributed by atoms with E-state index < -0.39 is 0 Å². The second kappa shape index (κ2) is 11.6. The monoisotopic (exact) mass is 632 g/mol. The van der Waals surface area contributed by atoms with E-state index in [1.165, 1.54) is 98.4 Å². The molecule has 0 heterocycles. The lowest BCUT2D eigenvalue weighted by atomic mass is 9.84. The highest BCUT2D eigenvalue weighted by Crippen LogP contribution is 2.46. The largest absolute Gasteiger partial charge is 0.0622 e. The lowest BCUT2D eigenvalue weighted by Crippen LogP contribution is -1.92. The number of rotatable bonds is 4. The Morgan fingerprint density at radius 1 is 0.180 bits per heavy atom. The van der Waals surface area contributed by atoms with Crippen molar-refractivity contribution >= 4 is 53.9 Å². The molecule has 0 saturated carbocycles. The average molecular weight is 633 g/mol. The molecule has 10 rings (SSSR count). The lowest BCUT2D eigenvalue weighted by Gasteiger charge is -2.19. The van der Waals surface area contributed by atoms with Crippen LogP contribution >= 0.6 is 0 Å². The molecule has 0 spiro atoms. The van der Waals surface area contributed by atoms with E-state index in [9.17, 15) is 0 Å². The van der Waals surface area contributed by atoms with Crippen molar-refractivity contribution in [1.82, 2.24) is 0 Å². The highest BCUT2D eigenvalue weighted by Gasteiger charge is 2.18. The fourth-order valence-corrected chi connectivity index (χ4v) is 8.03. The van der Waals surface area contributed by atoms with Crippen LogP contribution in [0.15, 0.2) is 194 Å². The van der Waals surface area contributed by atoms with Crippen LogP contribution in [0.4, 0.5) is 0 Å². The van der Waals surface area contributed by atoms with Crippen LogP contribution in [-0.4, -0.2) is 0 Å². The van der Waals surface area contributed by atoms with Gasteiger partial charge in [0.15, 0.2) is 0 Å². The van der Waals surface area contributed by atoms with Crippen LogP contribution in [0.25, 0.3) is 98.4 Å². The summed E-state index contributed by atoms with van der Waals surface area (Å²) >= 11 is 0. The summed E-state index contributed by atoms with van der Waals surface area (Å²) in [5.41, 5.74) is 9.88. The molecule has 50 heavy (non-hydrogen) atoms. The van der Waals surface area contributed by atoms with Crippen LogP contribution in [0.2, 0.25) is 0 Å². The van der Waals surface area contributed by atoms with Crippen molar-refractivity contribution in [2.75, 3.05) is 0 Å². The zero-order valence-electron chi connectivity index (χ0n) is 27.5. The molecule has 0 saturated heterocycles. The van der Waals surface area contributed by atoms with Gasteiger partial charge in [-0.2, -0.15) is 0 Å². The maximum atomic E-state index is 2.39. The summed E-state index contributed by atoms with van der Waals surface area (Å²) in [5.74, 6) is 0. The molecular formula is C50H32. The molecule has 0 aromatic heterocycles. The standard InChI is InChI=1S/C50H32/c1-3-13-33(14-4-1)39-29-40(34-15-5-2-6-16-34)31-42(30-39)50-46-21-11-9-19-44(46)49(45-20-10-12-22-47(45)50)38-26-24-36-32-48-37(27-41(36)28-38)25-23-35-17-7-8-18-43(35)48/h1-32H. The summed E-state index contributed by atoms with van der Waals surface area (Å²) < 4.78 is 0. The van der Waals surface area contributed by atoms with E-state index >= 15 is 0 Å². The smallest absolute Gasteiger partial charge is 0.00259 e. The summed E-state index contributed by atoms with van der Waals surface area (Å²) in [6.45, 7) is 0. The Morgan fingerprint density at radius 3 is 1.24 bits per heavy atom. The molecular weight excluding hydrogens is 601 g/mol. The fourth-order valence-electron chi connectivity index (χ4n) is 8.03. The maximum Gasteiger partial charge on any atom is -0.00259 e. The molecule has 0 heteroatoms. The van der Waals surface area contributed by atoms with Crippen molar-refractivity contribution < 1.29 is 0 Å². The molecule has 10 aromatic carbocycles. The van der Waals surface area contributed by atoms with E-state index in [0.29, 0.717) is 0 Å². The number of hydrogen-bond donors (Lipinski definition) is 0. The van der Waals surface area contributed by atoms with Crippen molar-refractivity contribution in [2.45, 2.75) is 0 Å². The molecule has 0 N–H and O–H groups in total. The number of benzene rings is 10. The van der Waals surface area contributed by atoms with Crippen molar-refractivity contribution in [1.29, 1.82) is 0 Å². The Morgan fingerprint density at radius 2 is 0.640 bits per heavy atom. The molecule has 0 radical (unpaired) electrons. The third-order valence-corrected chi connectivity index (χ3v) is 10.4.